The number of rotatable bonds is 5. The van der Waals surface area contributed by atoms with Crippen molar-refractivity contribution in [3.05, 3.63) is 47.2 Å². The van der Waals surface area contributed by atoms with E-state index in [4.69, 9.17) is 14.7 Å². The maximum atomic E-state index is 13.2. The number of nitrogens with zero attached hydrogens (tertiary/aromatic N) is 5. The molecule has 2 aromatic rings. The van der Waals surface area contributed by atoms with Crippen LogP contribution in [0.4, 0.5) is 23.8 Å². The van der Waals surface area contributed by atoms with Crippen molar-refractivity contribution in [2.75, 3.05) is 31.1 Å². The maximum Gasteiger partial charge on any atom is 0.417 e. The predicted molar refractivity (Wildman–Crippen MR) is 142 cm³/mol. The normalized spacial score (nSPS) is 19.7. The second kappa shape index (κ2) is 12.2. The van der Waals surface area contributed by atoms with Gasteiger partial charge in [-0.1, -0.05) is 0 Å². The molecule has 2 aliphatic rings. The first kappa shape index (κ1) is 29.9. The third-order valence-corrected chi connectivity index (χ3v) is 6.87. The molecule has 1 saturated carbocycles. The molecule has 41 heavy (non-hydrogen) atoms. The van der Waals surface area contributed by atoms with Crippen molar-refractivity contribution in [3.8, 4) is 11.8 Å². The van der Waals surface area contributed by atoms with Crippen LogP contribution in [0.3, 0.4) is 0 Å². The Morgan fingerprint density at radius 1 is 1.00 bits per heavy atom. The van der Waals surface area contributed by atoms with Gasteiger partial charge in [0.05, 0.1) is 23.3 Å². The molecular weight excluding hydrogens is 541 g/mol. The van der Waals surface area contributed by atoms with Gasteiger partial charge in [0, 0.05) is 32.2 Å². The molecule has 13 heteroatoms. The molecule has 1 N–H and O–H groups in total. The van der Waals surface area contributed by atoms with Crippen LogP contribution in [0.25, 0.3) is 0 Å². The molecule has 4 rings (SSSR count). The van der Waals surface area contributed by atoms with Crippen LogP contribution in [0.1, 0.15) is 68.1 Å². The number of alkyl halides is 3. The molecule has 1 saturated heterocycles. The number of amides is 2. The zero-order chi connectivity index (χ0) is 29.8. The summed E-state index contributed by atoms with van der Waals surface area (Å²) in [5.74, 6) is 0.315. The van der Waals surface area contributed by atoms with Gasteiger partial charge in [0.25, 0.3) is 5.91 Å². The SMILES string of the molecule is CC(C)(C)OC(=O)N1CCN(c2ccc(C(=O)NC3CCC(Oc4ccc(C#N)c(C(F)(F)F)c4)CC3)nn2)CC1. The molecule has 1 aliphatic carbocycles. The summed E-state index contributed by atoms with van der Waals surface area (Å²) in [7, 11) is 0. The fraction of sp³-hybridized carbons (Fsp3) is 0.536. The number of hydrogen-bond acceptors (Lipinski definition) is 8. The first-order chi connectivity index (χ1) is 19.3. The van der Waals surface area contributed by atoms with Crippen molar-refractivity contribution < 1.29 is 32.2 Å². The highest BCUT2D eigenvalue weighted by molar-refractivity contribution is 5.92. The molecule has 0 unspecified atom stereocenters. The fourth-order valence-corrected chi connectivity index (χ4v) is 4.77. The number of piperazine rings is 1. The lowest BCUT2D eigenvalue weighted by atomic mass is 9.92. The summed E-state index contributed by atoms with van der Waals surface area (Å²) >= 11 is 0. The number of halogens is 3. The minimum absolute atomic E-state index is 0.0606. The van der Waals surface area contributed by atoms with E-state index in [1.54, 1.807) is 23.1 Å². The summed E-state index contributed by atoms with van der Waals surface area (Å²) in [5.41, 5.74) is -1.85. The van der Waals surface area contributed by atoms with Gasteiger partial charge in [0.15, 0.2) is 11.5 Å². The van der Waals surface area contributed by atoms with Crippen molar-refractivity contribution in [2.45, 2.75) is 70.4 Å². The molecule has 1 aromatic heterocycles. The highest BCUT2D eigenvalue weighted by atomic mass is 19.4. The predicted octanol–water partition coefficient (Wildman–Crippen LogP) is 4.54. The van der Waals surface area contributed by atoms with Gasteiger partial charge in [-0.15, -0.1) is 10.2 Å². The Bertz CT molecular complexity index is 1270. The molecule has 1 aliphatic heterocycles. The van der Waals surface area contributed by atoms with Crippen LogP contribution >= 0.6 is 0 Å². The largest absolute Gasteiger partial charge is 0.490 e. The van der Waals surface area contributed by atoms with Crippen molar-refractivity contribution in [3.63, 3.8) is 0 Å². The van der Waals surface area contributed by atoms with Crippen LogP contribution in [0, 0.1) is 11.3 Å². The molecule has 0 spiro atoms. The van der Waals surface area contributed by atoms with Gasteiger partial charge < -0.3 is 24.6 Å². The molecule has 0 radical (unpaired) electrons. The van der Waals surface area contributed by atoms with Crippen LogP contribution in [-0.2, 0) is 10.9 Å². The summed E-state index contributed by atoms with van der Waals surface area (Å²) in [6.45, 7) is 7.57. The summed E-state index contributed by atoms with van der Waals surface area (Å²) in [5, 5.41) is 20.2. The van der Waals surface area contributed by atoms with Gasteiger partial charge in [-0.25, -0.2) is 4.79 Å². The van der Waals surface area contributed by atoms with Crippen LogP contribution in [0.5, 0.6) is 5.75 Å². The average molecular weight is 575 g/mol. The topological polar surface area (TPSA) is 121 Å². The van der Waals surface area contributed by atoms with Gasteiger partial charge in [-0.05, 0) is 76.8 Å². The zero-order valence-corrected chi connectivity index (χ0v) is 23.2. The van der Waals surface area contributed by atoms with Crippen LogP contribution in [0.15, 0.2) is 30.3 Å². The number of ether oxygens (including phenoxy) is 2. The van der Waals surface area contributed by atoms with Gasteiger partial charge >= 0.3 is 12.3 Å². The summed E-state index contributed by atoms with van der Waals surface area (Å²) in [4.78, 5) is 28.7. The molecular formula is C28H33F3N6O4. The lowest BCUT2D eigenvalue weighted by Crippen LogP contribution is -2.50. The molecule has 220 valence electrons. The number of carbonyl (C=O) groups is 2. The number of benzene rings is 1. The lowest BCUT2D eigenvalue weighted by molar-refractivity contribution is -0.137. The van der Waals surface area contributed by atoms with Crippen molar-refractivity contribution in [2.24, 2.45) is 0 Å². The third-order valence-electron chi connectivity index (χ3n) is 6.87. The Hall–Kier alpha value is -4.08. The Morgan fingerprint density at radius 3 is 2.24 bits per heavy atom. The first-order valence-corrected chi connectivity index (χ1v) is 13.5. The Morgan fingerprint density at radius 2 is 1.68 bits per heavy atom. The molecule has 0 atom stereocenters. The average Bonchev–Trinajstić information content (AvgIpc) is 2.93. The zero-order valence-electron chi connectivity index (χ0n) is 23.2. The second-order valence-corrected chi connectivity index (χ2v) is 11.1. The number of anilines is 1. The molecule has 10 nitrogen and oxygen atoms in total. The highest BCUT2D eigenvalue weighted by Crippen LogP contribution is 2.35. The standard InChI is InChI=1S/C28H33F3N6O4/c1-27(2,3)41-26(39)37-14-12-36(13-15-37)24-11-10-23(34-35-24)25(38)33-19-5-8-20(9-6-19)40-21-7-4-18(17-32)22(16-21)28(29,30)31/h4,7,10-11,16,19-20H,5-6,8-9,12-15H2,1-3H3,(H,33,38). The fourth-order valence-electron chi connectivity index (χ4n) is 4.77. The van der Waals surface area contributed by atoms with E-state index < -0.39 is 22.9 Å². The van der Waals surface area contributed by atoms with Gasteiger partial charge in [0.2, 0.25) is 0 Å². The molecule has 2 heterocycles. The molecule has 2 fully saturated rings. The van der Waals surface area contributed by atoms with Crippen LogP contribution < -0.4 is 15.0 Å². The van der Waals surface area contributed by atoms with E-state index in [1.165, 1.54) is 6.07 Å². The number of nitrogens with one attached hydrogen (secondary N) is 1. The van der Waals surface area contributed by atoms with E-state index in [0.29, 0.717) is 57.7 Å². The number of aromatic nitrogens is 2. The van der Waals surface area contributed by atoms with Crippen molar-refractivity contribution >= 4 is 17.8 Å². The van der Waals surface area contributed by atoms with E-state index in [-0.39, 0.29) is 35.6 Å². The van der Waals surface area contributed by atoms with Gasteiger partial charge in [-0.2, -0.15) is 18.4 Å². The third kappa shape index (κ3) is 7.99. The first-order valence-electron chi connectivity index (χ1n) is 13.5. The minimum Gasteiger partial charge on any atom is -0.490 e. The van der Waals surface area contributed by atoms with E-state index in [1.807, 2.05) is 25.7 Å². The molecule has 0 bridgehead atoms. The van der Waals surface area contributed by atoms with Crippen molar-refractivity contribution in [1.29, 1.82) is 5.26 Å². The number of carbonyl (C=O) groups excluding carboxylic acids is 2. The smallest absolute Gasteiger partial charge is 0.417 e. The van der Waals surface area contributed by atoms with E-state index in [0.717, 1.165) is 12.1 Å². The molecule has 1 aromatic carbocycles. The second-order valence-electron chi connectivity index (χ2n) is 11.1. The van der Waals surface area contributed by atoms with Crippen molar-refractivity contribution in [1.82, 2.24) is 20.4 Å². The quantitative estimate of drug-likeness (QED) is 0.553. The van der Waals surface area contributed by atoms with E-state index in [2.05, 4.69) is 15.5 Å². The lowest BCUT2D eigenvalue weighted by Gasteiger charge is -2.35. The van der Waals surface area contributed by atoms with Crippen LogP contribution in [-0.4, -0.2) is 71.0 Å². The van der Waals surface area contributed by atoms with Gasteiger partial charge in [0.1, 0.15) is 11.4 Å². The Labute approximate surface area is 236 Å². The monoisotopic (exact) mass is 574 g/mol. The minimum atomic E-state index is -4.65. The van der Waals surface area contributed by atoms with E-state index >= 15 is 0 Å². The van der Waals surface area contributed by atoms with E-state index in [9.17, 15) is 22.8 Å². The maximum absolute atomic E-state index is 13.2. The summed E-state index contributed by atoms with van der Waals surface area (Å²) < 4.78 is 50.9. The number of nitriles is 1. The van der Waals surface area contributed by atoms with Crippen LogP contribution in [0.2, 0.25) is 0 Å². The van der Waals surface area contributed by atoms with Gasteiger partial charge in [-0.3, -0.25) is 4.79 Å². The summed E-state index contributed by atoms with van der Waals surface area (Å²) in [6, 6.07) is 8.09. The number of hydrogen-bond donors (Lipinski definition) is 1. The Kier molecular flexibility index (Phi) is 8.89. The molecule has 2 amide bonds. The summed E-state index contributed by atoms with van der Waals surface area (Å²) in [6.07, 6.45) is -3.02. The highest BCUT2D eigenvalue weighted by Gasteiger charge is 2.34. The Balaban J connectivity index is 1.23.